The molecule has 2 aromatic carbocycles. The molecule has 0 saturated carbocycles. The summed E-state index contributed by atoms with van der Waals surface area (Å²) in [5, 5.41) is 0.965. The summed E-state index contributed by atoms with van der Waals surface area (Å²) in [7, 11) is 0. The Morgan fingerprint density at radius 1 is 0.694 bits per heavy atom. The molecule has 0 radical (unpaired) electrons. The van der Waals surface area contributed by atoms with Crippen molar-refractivity contribution in [3.8, 4) is 15.5 Å². The lowest BCUT2D eigenvalue weighted by molar-refractivity contribution is -0.137. The van der Waals surface area contributed by atoms with Crippen molar-refractivity contribution in [2.75, 3.05) is 0 Å². The zero-order valence-corrected chi connectivity index (χ0v) is 28.6. The molecule has 0 unspecified atom stereocenters. The van der Waals surface area contributed by atoms with Crippen molar-refractivity contribution in [2.24, 2.45) is 0 Å². The zero-order chi connectivity index (χ0) is 34.3. The molecule has 49 heavy (non-hydrogen) atoms. The summed E-state index contributed by atoms with van der Waals surface area (Å²) < 4.78 is 48.5. The predicted molar refractivity (Wildman–Crippen MR) is 185 cm³/mol. The number of carbonyl (C=O) groups is 4. The van der Waals surface area contributed by atoms with Gasteiger partial charge in [-0.05, 0) is 62.2 Å². The van der Waals surface area contributed by atoms with Gasteiger partial charge in [-0.15, -0.1) is 45.3 Å². The summed E-state index contributed by atoms with van der Waals surface area (Å²) in [6.45, 7) is 5.80. The van der Waals surface area contributed by atoms with Gasteiger partial charge in [0.15, 0.2) is 5.75 Å². The van der Waals surface area contributed by atoms with Gasteiger partial charge in [-0.3, -0.25) is 19.2 Å². The maximum Gasteiger partial charge on any atom is 0.416 e. The predicted octanol–water partition coefficient (Wildman–Crippen LogP) is 9.26. The summed E-state index contributed by atoms with van der Waals surface area (Å²) in [5.41, 5.74) is 1.26. The number of carbonyl (C=O) groups excluding carboxylic acids is 4. The Kier molecular flexibility index (Phi) is 6.19. The fraction of sp³-hybridized carbons (Fsp3) is 0.143. The first-order chi connectivity index (χ1) is 23.2. The Hall–Kier alpha value is -4.63. The molecule has 0 spiro atoms. The van der Waals surface area contributed by atoms with Crippen molar-refractivity contribution < 1.29 is 37.1 Å². The molecule has 4 aromatic heterocycles. The lowest BCUT2D eigenvalue weighted by atomic mass is 9.95. The van der Waals surface area contributed by atoms with Gasteiger partial charge in [0.05, 0.1) is 20.0 Å². The molecular weight excluding hydrogens is 714 g/mol. The SMILES string of the molecule is Cc1ccc2c(c1)/C(=C/c1nc3sc4c(c3s1)C(C)(C)Oc1c-4sc3nc(/C=C4\C(=O)C(=O)c5ccc(C(F)(F)F)cc54)sc13)C(=O)C2=O. The molecule has 9 rings (SSSR count). The van der Waals surface area contributed by atoms with Gasteiger partial charge >= 0.3 is 6.18 Å². The van der Waals surface area contributed by atoms with Crippen molar-refractivity contribution in [2.45, 2.75) is 32.5 Å². The van der Waals surface area contributed by atoms with Gasteiger partial charge in [0, 0.05) is 27.8 Å². The Labute approximate surface area is 290 Å². The highest BCUT2D eigenvalue weighted by Gasteiger charge is 2.42. The third-order valence-corrected chi connectivity index (χ3v) is 13.3. The molecule has 14 heteroatoms. The van der Waals surface area contributed by atoms with Crippen LogP contribution in [0.15, 0.2) is 36.4 Å². The van der Waals surface area contributed by atoms with Crippen molar-refractivity contribution >= 4 is 111 Å². The average Bonchev–Trinajstić information content (AvgIpc) is 3.85. The van der Waals surface area contributed by atoms with Crippen LogP contribution in [0, 0.1) is 6.92 Å². The number of rotatable bonds is 2. The Balaban J connectivity index is 1.11. The van der Waals surface area contributed by atoms with Crippen molar-refractivity contribution in [3.05, 3.63) is 85.4 Å². The van der Waals surface area contributed by atoms with Crippen LogP contribution >= 0.6 is 45.3 Å². The van der Waals surface area contributed by atoms with Gasteiger partial charge in [0.1, 0.15) is 30.0 Å². The lowest BCUT2D eigenvalue weighted by Crippen LogP contribution is -2.27. The van der Waals surface area contributed by atoms with E-state index in [4.69, 9.17) is 9.72 Å². The minimum absolute atomic E-state index is 0.0585. The smallest absolute Gasteiger partial charge is 0.416 e. The lowest BCUT2D eigenvalue weighted by Gasteiger charge is -2.31. The molecule has 242 valence electrons. The molecule has 2 aliphatic carbocycles. The van der Waals surface area contributed by atoms with E-state index in [0.29, 0.717) is 37.3 Å². The number of aromatic nitrogens is 2. The largest absolute Gasteiger partial charge is 0.480 e. The van der Waals surface area contributed by atoms with E-state index in [1.54, 1.807) is 12.1 Å². The van der Waals surface area contributed by atoms with Crippen LogP contribution in [0.2, 0.25) is 0 Å². The maximum absolute atomic E-state index is 13.4. The van der Waals surface area contributed by atoms with Gasteiger partial charge in [-0.25, -0.2) is 9.97 Å². The number of Topliss-reactive ketones (excluding diaryl/α,β-unsaturated/α-hetero) is 4. The number of thiophene rings is 2. The van der Waals surface area contributed by atoms with Crippen LogP contribution in [0.5, 0.6) is 5.75 Å². The molecule has 0 amide bonds. The molecule has 1 aliphatic heterocycles. The van der Waals surface area contributed by atoms with Crippen molar-refractivity contribution in [1.82, 2.24) is 9.97 Å². The minimum Gasteiger partial charge on any atom is -0.480 e. The highest BCUT2D eigenvalue weighted by molar-refractivity contribution is 7.34. The number of hydrogen-bond donors (Lipinski definition) is 0. The van der Waals surface area contributed by atoms with E-state index in [9.17, 15) is 32.3 Å². The minimum atomic E-state index is -4.63. The summed E-state index contributed by atoms with van der Waals surface area (Å²) in [6.07, 6.45) is -1.57. The molecular formula is C35H17F3N2O5S4. The second-order valence-electron chi connectivity index (χ2n) is 12.3. The summed E-state index contributed by atoms with van der Waals surface area (Å²) in [6, 6.07) is 8.00. The Morgan fingerprint density at radius 3 is 1.88 bits per heavy atom. The summed E-state index contributed by atoms with van der Waals surface area (Å²) >= 11 is 5.55. The fourth-order valence-electron chi connectivity index (χ4n) is 6.45. The molecule has 0 N–H and O–H groups in total. The third-order valence-electron chi connectivity index (χ3n) is 8.68. The van der Waals surface area contributed by atoms with Crippen LogP contribution in [0.4, 0.5) is 13.2 Å². The fourth-order valence-corrected chi connectivity index (χ4v) is 11.6. The van der Waals surface area contributed by atoms with Crippen LogP contribution in [-0.4, -0.2) is 33.1 Å². The molecule has 3 aliphatic rings. The number of thiazole rings is 2. The second kappa shape index (κ2) is 9.97. The molecule has 5 heterocycles. The number of halogens is 3. The third kappa shape index (κ3) is 4.37. The van der Waals surface area contributed by atoms with Gasteiger partial charge in [0.2, 0.25) is 23.1 Å². The topological polar surface area (TPSA) is 103 Å². The molecule has 0 saturated heterocycles. The van der Waals surface area contributed by atoms with Crippen molar-refractivity contribution in [1.29, 1.82) is 0 Å². The van der Waals surface area contributed by atoms with E-state index in [0.717, 1.165) is 53.3 Å². The second-order valence-corrected chi connectivity index (χ2v) is 16.4. The van der Waals surface area contributed by atoms with E-state index in [2.05, 4.69) is 4.98 Å². The first-order valence-electron chi connectivity index (χ1n) is 14.7. The van der Waals surface area contributed by atoms with Gasteiger partial charge in [-0.1, -0.05) is 23.8 Å². The maximum atomic E-state index is 13.4. The number of nitrogens with zero attached hydrogens (tertiary/aromatic N) is 2. The first-order valence-corrected chi connectivity index (χ1v) is 18.0. The monoisotopic (exact) mass is 730 g/mol. The number of hydrogen-bond acceptors (Lipinski definition) is 11. The summed E-state index contributed by atoms with van der Waals surface area (Å²) in [4.78, 5) is 63.6. The van der Waals surface area contributed by atoms with Gasteiger partial charge in [-0.2, -0.15) is 13.2 Å². The molecule has 0 atom stereocenters. The van der Waals surface area contributed by atoms with Crippen LogP contribution in [0.3, 0.4) is 0 Å². The van der Waals surface area contributed by atoms with E-state index < -0.39 is 40.5 Å². The van der Waals surface area contributed by atoms with E-state index in [1.165, 1.54) is 51.4 Å². The number of alkyl halides is 3. The number of benzene rings is 2. The van der Waals surface area contributed by atoms with Crippen LogP contribution in [0.1, 0.15) is 72.4 Å². The zero-order valence-electron chi connectivity index (χ0n) is 25.3. The Bertz CT molecular complexity index is 2650. The van der Waals surface area contributed by atoms with Crippen molar-refractivity contribution in [3.63, 3.8) is 0 Å². The average molecular weight is 731 g/mol. The number of fused-ring (bicyclic) bond motifs is 9. The van der Waals surface area contributed by atoms with Crippen LogP contribution in [-0.2, 0) is 21.4 Å². The quantitative estimate of drug-likeness (QED) is 0.129. The van der Waals surface area contributed by atoms with E-state index in [1.807, 2.05) is 32.9 Å². The molecule has 6 aromatic rings. The number of aryl methyl sites for hydroxylation is 1. The van der Waals surface area contributed by atoms with E-state index in [-0.39, 0.29) is 16.7 Å². The molecule has 7 nitrogen and oxygen atoms in total. The van der Waals surface area contributed by atoms with Crippen LogP contribution < -0.4 is 4.74 Å². The van der Waals surface area contributed by atoms with E-state index >= 15 is 0 Å². The number of ether oxygens (including phenoxy) is 1. The van der Waals surface area contributed by atoms with Crippen LogP contribution in [0.25, 0.3) is 52.1 Å². The number of allylic oxidation sites excluding steroid dienone is 2. The standard InChI is InChI=1S/C35H17F3N2O5S4/c1-12-4-6-14-16(8-12)18(25(43)23(14)41)10-20-39-32-29(46-20)22-28(48-32)30-27(45-34(22,2)3)31-33(49-30)40-21(47-31)11-19-17-9-13(35(36,37)38)5-7-15(17)24(42)26(19)44/h4-11H,1-3H3/b18-10-,19-11-. The Morgan fingerprint density at radius 2 is 1.24 bits per heavy atom. The highest BCUT2D eigenvalue weighted by Crippen LogP contribution is 2.59. The highest BCUT2D eigenvalue weighted by atomic mass is 32.1. The normalized spacial score (nSPS) is 18.2. The summed E-state index contributed by atoms with van der Waals surface area (Å²) in [5.74, 6) is -2.17. The molecule has 0 bridgehead atoms. The first kappa shape index (κ1) is 30.4. The van der Waals surface area contributed by atoms with Gasteiger partial charge < -0.3 is 4.74 Å². The number of ketones is 4. The molecule has 0 fully saturated rings. The van der Waals surface area contributed by atoms with Gasteiger partial charge in [0.25, 0.3) is 0 Å².